The maximum atomic E-state index is 5.84. The summed E-state index contributed by atoms with van der Waals surface area (Å²) in [7, 11) is 1.82. The van der Waals surface area contributed by atoms with Gasteiger partial charge in [-0.25, -0.2) is 4.98 Å². The molecular weight excluding hydrogens is 244 g/mol. The van der Waals surface area contributed by atoms with Crippen LogP contribution in [0, 0.1) is 6.92 Å². The zero-order valence-electron chi connectivity index (χ0n) is 12.2. The van der Waals surface area contributed by atoms with Crippen molar-refractivity contribution in [3.8, 4) is 0 Å². The van der Waals surface area contributed by atoms with Gasteiger partial charge in [-0.1, -0.05) is 20.8 Å². The van der Waals surface area contributed by atoms with Gasteiger partial charge in [-0.05, 0) is 26.3 Å². The normalized spacial score (nSPS) is 13.8. The van der Waals surface area contributed by atoms with Crippen molar-refractivity contribution in [2.24, 2.45) is 0 Å². The Labute approximate surface area is 115 Å². The Hall–Kier alpha value is -0.450. The van der Waals surface area contributed by atoms with Crippen LogP contribution in [0.1, 0.15) is 44.3 Å². The summed E-state index contributed by atoms with van der Waals surface area (Å²) >= 11 is 1.72. The van der Waals surface area contributed by atoms with Crippen LogP contribution in [0.3, 0.4) is 0 Å². The highest BCUT2D eigenvalue weighted by atomic mass is 32.1. The first-order chi connectivity index (χ1) is 8.61. The van der Waals surface area contributed by atoms with Crippen LogP contribution in [0.5, 0.6) is 0 Å². The van der Waals surface area contributed by atoms with Crippen LogP contribution < -0.4 is 5.32 Å². The van der Waals surface area contributed by atoms with E-state index in [-0.39, 0.29) is 5.60 Å². The zero-order valence-corrected chi connectivity index (χ0v) is 13.1. The SMILES string of the molecule is CCNC(Cc1csc(C)n1)C(CC)(CC)OC. The van der Waals surface area contributed by atoms with Crippen molar-refractivity contribution in [2.45, 2.75) is 58.6 Å². The topological polar surface area (TPSA) is 34.2 Å². The van der Waals surface area contributed by atoms with E-state index >= 15 is 0 Å². The molecule has 0 bridgehead atoms. The maximum absolute atomic E-state index is 5.84. The Kier molecular flexibility index (Phi) is 6.26. The molecule has 1 rings (SSSR count). The number of hydrogen-bond donors (Lipinski definition) is 1. The predicted octanol–water partition coefficient (Wildman–Crippen LogP) is 3.18. The first-order valence-corrected chi connectivity index (χ1v) is 7.69. The molecule has 1 atom stereocenters. The molecule has 3 nitrogen and oxygen atoms in total. The molecule has 1 unspecified atom stereocenters. The molecule has 18 heavy (non-hydrogen) atoms. The second-order valence-corrected chi connectivity index (χ2v) is 5.71. The molecule has 104 valence electrons. The molecule has 0 aromatic carbocycles. The van der Waals surface area contributed by atoms with Crippen LogP contribution in [-0.2, 0) is 11.2 Å². The monoisotopic (exact) mass is 270 g/mol. The molecule has 4 heteroatoms. The first kappa shape index (κ1) is 15.6. The quantitative estimate of drug-likeness (QED) is 0.788. The molecule has 0 spiro atoms. The van der Waals surface area contributed by atoms with Crippen molar-refractivity contribution >= 4 is 11.3 Å². The number of ether oxygens (including phenoxy) is 1. The molecule has 0 aliphatic heterocycles. The van der Waals surface area contributed by atoms with Gasteiger partial charge in [-0.15, -0.1) is 11.3 Å². The molecule has 0 fully saturated rings. The second-order valence-electron chi connectivity index (χ2n) is 4.65. The Morgan fingerprint density at radius 1 is 1.39 bits per heavy atom. The van der Waals surface area contributed by atoms with E-state index in [1.807, 2.05) is 7.11 Å². The van der Waals surface area contributed by atoms with Gasteiger partial charge < -0.3 is 10.1 Å². The maximum Gasteiger partial charge on any atom is 0.0897 e. The molecule has 1 aromatic rings. The number of aryl methyl sites for hydroxylation is 1. The van der Waals surface area contributed by atoms with Gasteiger partial charge in [-0.3, -0.25) is 0 Å². The fourth-order valence-corrected chi connectivity index (χ4v) is 3.20. The Bertz CT molecular complexity index is 339. The molecule has 0 radical (unpaired) electrons. The van der Waals surface area contributed by atoms with E-state index in [0.29, 0.717) is 6.04 Å². The summed E-state index contributed by atoms with van der Waals surface area (Å²) in [6, 6.07) is 0.323. The van der Waals surface area contributed by atoms with Crippen LogP contribution >= 0.6 is 11.3 Å². The lowest BCUT2D eigenvalue weighted by molar-refractivity contribution is -0.0470. The van der Waals surface area contributed by atoms with E-state index in [1.54, 1.807) is 11.3 Å². The van der Waals surface area contributed by atoms with Crippen molar-refractivity contribution in [3.05, 3.63) is 16.1 Å². The minimum atomic E-state index is -0.0898. The van der Waals surface area contributed by atoms with E-state index in [4.69, 9.17) is 4.74 Å². The summed E-state index contributed by atoms with van der Waals surface area (Å²) in [4.78, 5) is 4.57. The molecule has 1 aromatic heterocycles. The fourth-order valence-electron chi connectivity index (χ4n) is 2.58. The van der Waals surface area contributed by atoms with Crippen molar-refractivity contribution in [1.82, 2.24) is 10.3 Å². The number of aromatic nitrogens is 1. The van der Waals surface area contributed by atoms with E-state index < -0.39 is 0 Å². The number of hydrogen-bond acceptors (Lipinski definition) is 4. The van der Waals surface area contributed by atoms with Gasteiger partial charge in [0.2, 0.25) is 0 Å². The zero-order chi connectivity index (χ0) is 13.6. The third-order valence-corrected chi connectivity index (χ3v) is 4.59. The van der Waals surface area contributed by atoms with Crippen LogP contribution in [0.2, 0.25) is 0 Å². The summed E-state index contributed by atoms with van der Waals surface area (Å²) in [5.74, 6) is 0. The van der Waals surface area contributed by atoms with Gasteiger partial charge in [0.15, 0.2) is 0 Å². The largest absolute Gasteiger partial charge is 0.377 e. The molecule has 0 aliphatic carbocycles. The molecule has 0 amide bonds. The number of nitrogens with one attached hydrogen (secondary N) is 1. The Morgan fingerprint density at radius 2 is 2.06 bits per heavy atom. The lowest BCUT2D eigenvalue weighted by Gasteiger charge is -2.38. The molecule has 1 N–H and O–H groups in total. The van der Waals surface area contributed by atoms with E-state index in [9.17, 15) is 0 Å². The van der Waals surface area contributed by atoms with Crippen molar-refractivity contribution < 1.29 is 4.74 Å². The molecule has 0 aliphatic rings. The predicted molar refractivity (Wildman–Crippen MR) is 78.3 cm³/mol. The third-order valence-electron chi connectivity index (χ3n) is 3.77. The third kappa shape index (κ3) is 3.53. The first-order valence-electron chi connectivity index (χ1n) is 6.81. The second kappa shape index (κ2) is 7.22. The standard InChI is InChI=1S/C14H26N2OS/c1-6-14(7-2,17-5)13(15-8-3)9-12-10-18-11(4)16-12/h10,13,15H,6-9H2,1-5H3. The number of thiazole rings is 1. The summed E-state index contributed by atoms with van der Waals surface area (Å²) in [6.45, 7) is 9.55. The fraction of sp³-hybridized carbons (Fsp3) is 0.786. The van der Waals surface area contributed by atoms with E-state index in [0.717, 1.165) is 30.8 Å². The summed E-state index contributed by atoms with van der Waals surface area (Å²) < 4.78 is 5.84. The van der Waals surface area contributed by atoms with E-state index in [1.165, 1.54) is 5.69 Å². The van der Waals surface area contributed by atoms with Gasteiger partial charge >= 0.3 is 0 Å². The van der Waals surface area contributed by atoms with Crippen LogP contribution in [0.15, 0.2) is 5.38 Å². The summed E-state index contributed by atoms with van der Waals surface area (Å²) in [6.07, 6.45) is 2.97. The average Bonchev–Trinajstić information content (AvgIpc) is 2.78. The molecule has 0 saturated carbocycles. The van der Waals surface area contributed by atoms with Crippen molar-refractivity contribution in [2.75, 3.05) is 13.7 Å². The number of likely N-dealkylation sites (N-methyl/N-ethyl adjacent to an activating group) is 1. The van der Waals surface area contributed by atoms with Gasteiger partial charge in [-0.2, -0.15) is 0 Å². The van der Waals surface area contributed by atoms with Crippen LogP contribution in [0.4, 0.5) is 0 Å². The Balaban J connectivity index is 2.86. The number of methoxy groups -OCH3 is 1. The van der Waals surface area contributed by atoms with E-state index in [2.05, 4.69) is 43.4 Å². The smallest absolute Gasteiger partial charge is 0.0897 e. The van der Waals surface area contributed by atoms with Crippen molar-refractivity contribution in [3.63, 3.8) is 0 Å². The van der Waals surface area contributed by atoms with Crippen LogP contribution in [-0.4, -0.2) is 30.3 Å². The van der Waals surface area contributed by atoms with Gasteiger partial charge in [0.05, 0.1) is 16.3 Å². The minimum absolute atomic E-state index is 0.0898. The number of rotatable bonds is 8. The van der Waals surface area contributed by atoms with Crippen molar-refractivity contribution in [1.29, 1.82) is 0 Å². The van der Waals surface area contributed by atoms with Gasteiger partial charge in [0, 0.05) is 25.0 Å². The number of nitrogens with zero attached hydrogens (tertiary/aromatic N) is 1. The minimum Gasteiger partial charge on any atom is -0.377 e. The lowest BCUT2D eigenvalue weighted by atomic mass is 9.85. The summed E-state index contributed by atoms with van der Waals surface area (Å²) in [5.41, 5.74) is 1.08. The molecular formula is C14H26N2OS. The highest BCUT2D eigenvalue weighted by Crippen LogP contribution is 2.27. The highest BCUT2D eigenvalue weighted by molar-refractivity contribution is 7.09. The molecule has 1 heterocycles. The summed E-state index contributed by atoms with van der Waals surface area (Å²) in [5, 5.41) is 6.87. The van der Waals surface area contributed by atoms with Crippen LogP contribution in [0.25, 0.3) is 0 Å². The Morgan fingerprint density at radius 3 is 2.44 bits per heavy atom. The van der Waals surface area contributed by atoms with Gasteiger partial charge in [0.1, 0.15) is 0 Å². The highest BCUT2D eigenvalue weighted by Gasteiger charge is 2.35. The average molecular weight is 270 g/mol. The van der Waals surface area contributed by atoms with Gasteiger partial charge in [0.25, 0.3) is 0 Å². The lowest BCUT2D eigenvalue weighted by Crippen LogP contribution is -2.52. The molecule has 0 saturated heterocycles.